The zero-order chi connectivity index (χ0) is 16.6. The maximum absolute atomic E-state index is 12.5. The Labute approximate surface area is 143 Å². The number of thiophene rings is 1. The first-order chi connectivity index (χ1) is 11.0. The minimum absolute atomic E-state index is 0.0421. The van der Waals surface area contributed by atoms with Crippen molar-refractivity contribution in [3.05, 3.63) is 20.8 Å². The lowest BCUT2D eigenvalue weighted by atomic mass is 9.89. The van der Waals surface area contributed by atoms with Crippen LogP contribution >= 0.6 is 23.1 Å². The second-order valence-electron chi connectivity index (χ2n) is 6.06. The van der Waals surface area contributed by atoms with Crippen LogP contribution in [0.15, 0.2) is 9.95 Å². The largest absolute Gasteiger partial charge is 0.355 e. The molecule has 23 heavy (non-hydrogen) atoms. The van der Waals surface area contributed by atoms with Gasteiger partial charge in [0.2, 0.25) is 5.91 Å². The molecule has 7 heteroatoms. The second kappa shape index (κ2) is 6.65. The molecular weight excluding hydrogens is 330 g/mol. The fourth-order valence-electron chi connectivity index (χ4n) is 2.92. The number of fused-ring (bicyclic) bond motifs is 3. The van der Waals surface area contributed by atoms with Gasteiger partial charge in [-0.05, 0) is 44.6 Å². The lowest BCUT2D eigenvalue weighted by molar-refractivity contribution is -0.120. The molecule has 3 rings (SSSR count). The Morgan fingerprint density at radius 1 is 1.57 bits per heavy atom. The van der Waals surface area contributed by atoms with Crippen LogP contribution in [0.4, 0.5) is 0 Å². The summed E-state index contributed by atoms with van der Waals surface area (Å²) in [5, 5.41) is 3.78. The topological polar surface area (TPSA) is 74.8 Å². The third-order valence-corrected chi connectivity index (χ3v) is 6.28. The lowest BCUT2D eigenvalue weighted by Crippen LogP contribution is -2.30. The Bertz CT molecular complexity index is 796. The van der Waals surface area contributed by atoms with E-state index in [4.69, 9.17) is 0 Å². The van der Waals surface area contributed by atoms with Gasteiger partial charge in [0.05, 0.1) is 10.6 Å². The summed E-state index contributed by atoms with van der Waals surface area (Å²) in [6.45, 7) is 6.56. The first kappa shape index (κ1) is 16.5. The van der Waals surface area contributed by atoms with Crippen molar-refractivity contribution in [3.63, 3.8) is 0 Å². The number of amides is 1. The van der Waals surface area contributed by atoms with E-state index in [-0.39, 0.29) is 16.7 Å². The molecule has 0 fully saturated rings. The van der Waals surface area contributed by atoms with Crippen LogP contribution in [-0.4, -0.2) is 27.7 Å². The van der Waals surface area contributed by atoms with Crippen molar-refractivity contribution < 1.29 is 4.79 Å². The van der Waals surface area contributed by atoms with E-state index >= 15 is 0 Å². The summed E-state index contributed by atoms with van der Waals surface area (Å²) in [6, 6.07) is 0. The van der Waals surface area contributed by atoms with Crippen molar-refractivity contribution in [1.82, 2.24) is 15.3 Å². The van der Waals surface area contributed by atoms with Crippen LogP contribution in [0.1, 0.15) is 37.6 Å². The van der Waals surface area contributed by atoms with Gasteiger partial charge >= 0.3 is 0 Å². The molecule has 124 valence electrons. The van der Waals surface area contributed by atoms with Gasteiger partial charge < -0.3 is 10.3 Å². The highest BCUT2D eigenvalue weighted by molar-refractivity contribution is 8.00. The molecule has 0 bridgehead atoms. The van der Waals surface area contributed by atoms with Crippen LogP contribution in [0.25, 0.3) is 10.2 Å². The number of H-pyrrole nitrogens is 1. The van der Waals surface area contributed by atoms with E-state index in [1.807, 2.05) is 13.8 Å². The van der Waals surface area contributed by atoms with E-state index in [0.29, 0.717) is 17.6 Å². The van der Waals surface area contributed by atoms with Crippen molar-refractivity contribution >= 4 is 39.2 Å². The summed E-state index contributed by atoms with van der Waals surface area (Å²) in [7, 11) is 0. The number of carbonyl (C=O) groups is 1. The molecule has 1 aliphatic rings. The SMILES string of the molecule is CCNC(=O)C(C)Sc1nc2sc3c(c2c(=O)[nH]1)CCC(C)C3. The predicted molar refractivity (Wildman–Crippen MR) is 95.4 cm³/mol. The van der Waals surface area contributed by atoms with Crippen molar-refractivity contribution in [2.75, 3.05) is 6.54 Å². The molecule has 1 aliphatic carbocycles. The molecule has 2 unspecified atom stereocenters. The molecule has 0 aliphatic heterocycles. The summed E-state index contributed by atoms with van der Waals surface area (Å²) in [5.74, 6) is 0.626. The first-order valence-corrected chi connectivity index (χ1v) is 9.68. The van der Waals surface area contributed by atoms with E-state index in [0.717, 1.165) is 29.5 Å². The van der Waals surface area contributed by atoms with Gasteiger partial charge in [-0.2, -0.15) is 0 Å². The smallest absolute Gasteiger partial charge is 0.260 e. The van der Waals surface area contributed by atoms with Crippen molar-refractivity contribution in [1.29, 1.82) is 0 Å². The molecule has 0 saturated heterocycles. The number of aromatic nitrogens is 2. The average Bonchev–Trinajstić information content (AvgIpc) is 2.84. The maximum atomic E-state index is 12.5. The van der Waals surface area contributed by atoms with Gasteiger partial charge in [-0.25, -0.2) is 4.98 Å². The number of aromatic amines is 1. The lowest BCUT2D eigenvalue weighted by Gasteiger charge is -2.17. The Hall–Kier alpha value is -1.34. The minimum atomic E-state index is -0.287. The highest BCUT2D eigenvalue weighted by Gasteiger charge is 2.23. The Morgan fingerprint density at radius 2 is 2.35 bits per heavy atom. The molecule has 2 heterocycles. The van der Waals surface area contributed by atoms with Crippen molar-refractivity contribution in [3.8, 4) is 0 Å². The molecule has 2 aromatic rings. The molecule has 2 N–H and O–H groups in total. The normalized spacial score (nSPS) is 18.7. The van der Waals surface area contributed by atoms with Gasteiger partial charge in [0.1, 0.15) is 4.83 Å². The number of aryl methyl sites for hydroxylation is 1. The van der Waals surface area contributed by atoms with Gasteiger partial charge in [-0.1, -0.05) is 18.7 Å². The molecule has 5 nitrogen and oxygen atoms in total. The van der Waals surface area contributed by atoms with Crippen LogP contribution in [0, 0.1) is 5.92 Å². The summed E-state index contributed by atoms with van der Waals surface area (Å²) in [6.07, 6.45) is 3.12. The maximum Gasteiger partial charge on any atom is 0.260 e. The highest BCUT2D eigenvalue weighted by Crippen LogP contribution is 2.36. The number of nitrogens with zero attached hydrogens (tertiary/aromatic N) is 1. The fraction of sp³-hybridized carbons (Fsp3) is 0.562. The predicted octanol–water partition coefficient (Wildman–Crippen LogP) is 2.73. The van der Waals surface area contributed by atoms with Crippen molar-refractivity contribution in [2.24, 2.45) is 5.92 Å². The van der Waals surface area contributed by atoms with Crippen LogP contribution in [-0.2, 0) is 17.6 Å². The van der Waals surface area contributed by atoms with E-state index in [9.17, 15) is 9.59 Å². The number of thioether (sulfide) groups is 1. The van der Waals surface area contributed by atoms with E-state index in [1.165, 1.54) is 22.2 Å². The third-order valence-electron chi connectivity index (χ3n) is 4.15. The molecule has 2 aromatic heterocycles. The second-order valence-corrected chi connectivity index (χ2v) is 8.47. The van der Waals surface area contributed by atoms with E-state index in [1.54, 1.807) is 11.3 Å². The monoisotopic (exact) mass is 351 g/mol. The average molecular weight is 351 g/mol. The van der Waals surface area contributed by atoms with Crippen LogP contribution in [0.5, 0.6) is 0 Å². The van der Waals surface area contributed by atoms with Gasteiger partial charge in [0.25, 0.3) is 5.56 Å². The molecular formula is C16H21N3O2S2. The number of carbonyl (C=O) groups excluding carboxylic acids is 1. The Kier molecular flexibility index (Phi) is 4.77. The van der Waals surface area contributed by atoms with E-state index < -0.39 is 0 Å². The minimum Gasteiger partial charge on any atom is -0.355 e. The van der Waals surface area contributed by atoms with E-state index in [2.05, 4.69) is 22.2 Å². The number of nitrogens with one attached hydrogen (secondary N) is 2. The van der Waals surface area contributed by atoms with Gasteiger partial charge in [-0.3, -0.25) is 9.59 Å². The molecule has 0 radical (unpaired) electrons. The zero-order valence-electron chi connectivity index (χ0n) is 13.6. The molecule has 0 saturated carbocycles. The van der Waals surface area contributed by atoms with Gasteiger partial charge in [-0.15, -0.1) is 11.3 Å². The van der Waals surface area contributed by atoms with Crippen LogP contribution in [0.2, 0.25) is 0 Å². The standard InChI is InChI=1S/C16H21N3O2S2/c1-4-17-13(20)9(3)22-16-18-14(21)12-10-6-5-8(2)7-11(10)23-15(12)19-16/h8-9H,4-7H2,1-3H3,(H,17,20)(H,18,19,21). The van der Waals surface area contributed by atoms with Gasteiger partial charge in [0, 0.05) is 11.4 Å². The van der Waals surface area contributed by atoms with Crippen LogP contribution < -0.4 is 10.9 Å². The molecule has 2 atom stereocenters. The zero-order valence-corrected chi connectivity index (χ0v) is 15.2. The Balaban J connectivity index is 1.93. The summed E-state index contributed by atoms with van der Waals surface area (Å²) in [4.78, 5) is 33.9. The summed E-state index contributed by atoms with van der Waals surface area (Å²) < 4.78 is 0. The van der Waals surface area contributed by atoms with Crippen molar-refractivity contribution in [2.45, 2.75) is 50.4 Å². The quantitative estimate of drug-likeness (QED) is 0.656. The number of hydrogen-bond donors (Lipinski definition) is 2. The molecule has 1 amide bonds. The molecule has 0 spiro atoms. The Morgan fingerprint density at radius 3 is 3.09 bits per heavy atom. The third kappa shape index (κ3) is 3.30. The summed E-state index contributed by atoms with van der Waals surface area (Å²) >= 11 is 2.93. The van der Waals surface area contributed by atoms with Crippen LogP contribution in [0.3, 0.4) is 0 Å². The van der Waals surface area contributed by atoms with Gasteiger partial charge in [0.15, 0.2) is 5.16 Å². The highest BCUT2D eigenvalue weighted by atomic mass is 32.2. The number of hydrogen-bond acceptors (Lipinski definition) is 5. The molecule has 0 aromatic carbocycles. The first-order valence-electron chi connectivity index (χ1n) is 7.98. The summed E-state index contributed by atoms with van der Waals surface area (Å²) in [5.41, 5.74) is 1.11. The number of rotatable bonds is 4. The fourth-order valence-corrected chi connectivity index (χ4v) is 5.19.